The maximum absolute atomic E-state index is 6.07. The first-order chi connectivity index (χ1) is 9.69. The van der Waals surface area contributed by atoms with E-state index < -0.39 is 0 Å². The van der Waals surface area contributed by atoms with Gasteiger partial charge in [-0.15, -0.1) is 0 Å². The fraction of sp³-hybridized carbons (Fsp3) is 0.400. The molecule has 0 fully saturated rings. The van der Waals surface area contributed by atoms with E-state index in [1.807, 2.05) is 35.9 Å². The number of hydrogen-bond acceptors (Lipinski definition) is 4. The molecule has 1 atom stereocenters. The molecule has 3 rings (SSSR count). The van der Waals surface area contributed by atoms with E-state index >= 15 is 0 Å². The van der Waals surface area contributed by atoms with Crippen LogP contribution in [0.2, 0.25) is 0 Å². The van der Waals surface area contributed by atoms with Gasteiger partial charge in [0.15, 0.2) is 0 Å². The highest BCUT2D eigenvalue weighted by atomic mass is 16.5. The fourth-order valence-electron chi connectivity index (χ4n) is 2.70. The summed E-state index contributed by atoms with van der Waals surface area (Å²) in [5, 5.41) is 4.52. The van der Waals surface area contributed by atoms with Crippen LogP contribution < -0.4 is 15.2 Å². The number of anilines is 1. The molecule has 0 radical (unpaired) electrons. The topological polar surface area (TPSA) is 62.3 Å². The third kappa shape index (κ3) is 2.19. The fourth-order valence-corrected chi connectivity index (χ4v) is 2.70. The van der Waals surface area contributed by atoms with Gasteiger partial charge in [0.1, 0.15) is 17.3 Å². The highest BCUT2D eigenvalue weighted by Gasteiger charge is 2.24. The van der Waals surface area contributed by atoms with Gasteiger partial charge in [-0.05, 0) is 31.9 Å². The van der Waals surface area contributed by atoms with E-state index in [1.54, 1.807) is 7.11 Å². The molecule has 1 aromatic carbocycles. The van der Waals surface area contributed by atoms with Crippen LogP contribution in [0.3, 0.4) is 0 Å². The number of nitrogens with two attached hydrogens (primary N) is 1. The molecule has 0 spiro atoms. The monoisotopic (exact) mass is 273 g/mol. The SMILES string of the molecule is COc1ccc2c(c1)OCCCC2n1nc(C)cc1N. The van der Waals surface area contributed by atoms with Crippen molar-refractivity contribution in [2.24, 2.45) is 0 Å². The number of nitrogens with zero attached hydrogens (tertiary/aromatic N) is 2. The van der Waals surface area contributed by atoms with Crippen molar-refractivity contribution in [2.75, 3.05) is 19.5 Å². The Morgan fingerprint density at radius 1 is 1.40 bits per heavy atom. The van der Waals surface area contributed by atoms with Gasteiger partial charge in [-0.1, -0.05) is 0 Å². The molecule has 2 heterocycles. The summed E-state index contributed by atoms with van der Waals surface area (Å²) < 4.78 is 13.0. The van der Waals surface area contributed by atoms with Crippen molar-refractivity contribution in [3.63, 3.8) is 0 Å². The van der Waals surface area contributed by atoms with Crippen molar-refractivity contribution in [3.05, 3.63) is 35.5 Å². The number of aromatic nitrogens is 2. The van der Waals surface area contributed by atoms with Crippen molar-refractivity contribution in [2.45, 2.75) is 25.8 Å². The summed E-state index contributed by atoms with van der Waals surface area (Å²) in [4.78, 5) is 0. The molecule has 0 aliphatic carbocycles. The third-order valence-electron chi connectivity index (χ3n) is 3.64. The average Bonchev–Trinajstić information content (AvgIpc) is 2.67. The van der Waals surface area contributed by atoms with Crippen LogP contribution in [0, 0.1) is 6.92 Å². The Morgan fingerprint density at radius 2 is 2.25 bits per heavy atom. The zero-order valence-corrected chi connectivity index (χ0v) is 11.8. The quantitative estimate of drug-likeness (QED) is 0.913. The number of benzene rings is 1. The van der Waals surface area contributed by atoms with Crippen LogP contribution >= 0.6 is 0 Å². The lowest BCUT2D eigenvalue weighted by molar-refractivity contribution is 0.312. The second-order valence-corrected chi connectivity index (χ2v) is 5.07. The molecule has 1 aliphatic heterocycles. The normalized spacial score (nSPS) is 18.0. The summed E-state index contributed by atoms with van der Waals surface area (Å²) in [7, 11) is 1.66. The van der Waals surface area contributed by atoms with E-state index in [0.29, 0.717) is 12.4 Å². The maximum atomic E-state index is 6.07. The van der Waals surface area contributed by atoms with Gasteiger partial charge in [-0.25, -0.2) is 4.68 Å². The molecule has 2 aromatic rings. The molecule has 0 saturated heterocycles. The molecule has 1 unspecified atom stereocenters. The first kappa shape index (κ1) is 12.8. The van der Waals surface area contributed by atoms with Gasteiger partial charge < -0.3 is 15.2 Å². The lowest BCUT2D eigenvalue weighted by atomic mass is 10.0. The Bertz CT molecular complexity index is 622. The second-order valence-electron chi connectivity index (χ2n) is 5.07. The molecule has 1 aliphatic rings. The molecule has 20 heavy (non-hydrogen) atoms. The van der Waals surface area contributed by atoms with Crippen LogP contribution in [0.1, 0.15) is 30.1 Å². The Hall–Kier alpha value is -2.17. The molecular formula is C15H19N3O2. The van der Waals surface area contributed by atoms with E-state index in [2.05, 4.69) is 5.10 Å². The van der Waals surface area contributed by atoms with Crippen LogP contribution in [0.25, 0.3) is 0 Å². The standard InChI is InChI=1S/C15H19N3O2/c1-10-8-15(16)18(17-10)13-4-3-7-20-14-9-11(19-2)5-6-12(13)14/h5-6,8-9,13H,3-4,7,16H2,1-2H3. The summed E-state index contributed by atoms with van der Waals surface area (Å²) in [5.74, 6) is 2.35. The number of aryl methyl sites for hydroxylation is 1. The van der Waals surface area contributed by atoms with Crippen molar-refractivity contribution in [1.29, 1.82) is 0 Å². The van der Waals surface area contributed by atoms with Gasteiger partial charge in [-0.2, -0.15) is 5.10 Å². The first-order valence-corrected chi connectivity index (χ1v) is 6.81. The molecule has 0 saturated carbocycles. The highest BCUT2D eigenvalue weighted by Crippen LogP contribution is 2.37. The minimum Gasteiger partial charge on any atom is -0.497 e. The van der Waals surface area contributed by atoms with Crippen LogP contribution in [0.15, 0.2) is 24.3 Å². The van der Waals surface area contributed by atoms with Crippen LogP contribution in [-0.2, 0) is 0 Å². The number of hydrogen-bond donors (Lipinski definition) is 1. The molecule has 5 nitrogen and oxygen atoms in total. The van der Waals surface area contributed by atoms with Crippen molar-refractivity contribution in [3.8, 4) is 11.5 Å². The summed E-state index contributed by atoms with van der Waals surface area (Å²) >= 11 is 0. The van der Waals surface area contributed by atoms with Crippen LogP contribution in [0.5, 0.6) is 11.5 Å². The molecular weight excluding hydrogens is 254 g/mol. The van der Waals surface area contributed by atoms with Crippen molar-refractivity contribution < 1.29 is 9.47 Å². The number of methoxy groups -OCH3 is 1. The van der Waals surface area contributed by atoms with E-state index in [0.717, 1.165) is 35.6 Å². The number of fused-ring (bicyclic) bond motifs is 1. The first-order valence-electron chi connectivity index (χ1n) is 6.81. The van der Waals surface area contributed by atoms with Gasteiger partial charge >= 0.3 is 0 Å². The summed E-state index contributed by atoms with van der Waals surface area (Å²) in [6, 6.07) is 7.94. The van der Waals surface area contributed by atoms with Crippen LogP contribution in [0.4, 0.5) is 5.82 Å². The van der Waals surface area contributed by atoms with Crippen molar-refractivity contribution in [1.82, 2.24) is 9.78 Å². The Kier molecular flexibility index (Phi) is 3.26. The van der Waals surface area contributed by atoms with Crippen LogP contribution in [-0.4, -0.2) is 23.5 Å². The zero-order chi connectivity index (χ0) is 14.1. The number of rotatable bonds is 2. The van der Waals surface area contributed by atoms with E-state index in [9.17, 15) is 0 Å². The van der Waals surface area contributed by atoms with Crippen molar-refractivity contribution >= 4 is 5.82 Å². The third-order valence-corrected chi connectivity index (χ3v) is 3.64. The summed E-state index contributed by atoms with van der Waals surface area (Å²) in [5.41, 5.74) is 8.11. The molecule has 0 amide bonds. The van der Waals surface area contributed by atoms with E-state index in [-0.39, 0.29) is 6.04 Å². The molecule has 1 aromatic heterocycles. The zero-order valence-electron chi connectivity index (χ0n) is 11.8. The Morgan fingerprint density at radius 3 is 2.95 bits per heavy atom. The van der Waals surface area contributed by atoms with Gasteiger partial charge in [-0.3, -0.25) is 0 Å². The smallest absolute Gasteiger partial charge is 0.128 e. The van der Waals surface area contributed by atoms with Gasteiger partial charge in [0, 0.05) is 17.7 Å². The molecule has 0 bridgehead atoms. The Balaban J connectivity index is 2.07. The predicted molar refractivity (Wildman–Crippen MR) is 77.2 cm³/mol. The number of ether oxygens (including phenoxy) is 2. The van der Waals surface area contributed by atoms with Gasteiger partial charge in [0.2, 0.25) is 0 Å². The second kappa shape index (κ2) is 5.07. The van der Waals surface area contributed by atoms with E-state index in [4.69, 9.17) is 15.2 Å². The minimum atomic E-state index is 0.118. The summed E-state index contributed by atoms with van der Waals surface area (Å²) in [6.45, 7) is 2.66. The van der Waals surface area contributed by atoms with E-state index in [1.165, 1.54) is 0 Å². The largest absolute Gasteiger partial charge is 0.497 e. The number of nitrogen functional groups attached to an aromatic ring is 1. The van der Waals surface area contributed by atoms with Gasteiger partial charge in [0.25, 0.3) is 0 Å². The minimum absolute atomic E-state index is 0.118. The van der Waals surface area contributed by atoms with Gasteiger partial charge in [0.05, 0.1) is 25.5 Å². The lowest BCUT2D eigenvalue weighted by Gasteiger charge is -2.19. The molecule has 106 valence electrons. The Labute approximate surface area is 118 Å². The summed E-state index contributed by atoms with van der Waals surface area (Å²) in [6.07, 6.45) is 1.94. The predicted octanol–water partition coefficient (Wildman–Crippen LogP) is 2.54. The lowest BCUT2D eigenvalue weighted by Crippen LogP contribution is -2.14. The average molecular weight is 273 g/mol. The highest BCUT2D eigenvalue weighted by molar-refractivity contribution is 5.44. The molecule has 5 heteroatoms. The maximum Gasteiger partial charge on any atom is 0.128 e. The molecule has 2 N–H and O–H groups in total.